The molecule has 1 aromatic carbocycles. The van der Waals surface area contributed by atoms with Gasteiger partial charge in [0.1, 0.15) is 0 Å². The number of aromatic nitrogens is 2. The SMILES string of the molecule is Cc1nccc(Nc2ccc3c(c2)c2c(c(=O)n3C)OCC(F)(F)C(C3CC3)N2)c1Cl. The van der Waals surface area contributed by atoms with Crippen LogP contribution in [0.3, 0.4) is 0 Å². The number of hydrogen-bond acceptors (Lipinski definition) is 5. The van der Waals surface area contributed by atoms with E-state index < -0.39 is 24.1 Å². The van der Waals surface area contributed by atoms with Crippen LogP contribution in [0, 0.1) is 12.8 Å². The number of anilines is 3. The highest BCUT2D eigenvalue weighted by molar-refractivity contribution is 6.33. The van der Waals surface area contributed by atoms with Crippen molar-refractivity contribution in [3.8, 4) is 5.75 Å². The van der Waals surface area contributed by atoms with Crippen molar-refractivity contribution in [2.45, 2.75) is 31.7 Å². The Morgan fingerprint density at radius 1 is 1.32 bits per heavy atom. The highest BCUT2D eigenvalue weighted by Gasteiger charge is 2.51. The molecule has 0 radical (unpaired) electrons. The van der Waals surface area contributed by atoms with E-state index in [-0.39, 0.29) is 11.7 Å². The summed E-state index contributed by atoms with van der Waals surface area (Å²) in [6.45, 7) is 0.988. The zero-order valence-electron chi connectivity index (χ0n) is 17.0. The van der Waals surface area contributed by atoms with Crippen LogP contribution in [0.2, 0.25) is 5.02 Å². The van der Waals surface area contributed by atoms with E-state index in [1.165, 1.54) is 4.57 Å². The molecule has 0 bridgehead atoms. The average Bonchev–Trinajstić information content (AvgIpc) is 3.57. The second kappa shape index (κ2) is 7.09. The smallest absolute Gasteiger partial charge is 0.301 e. The lowest BCUT2D eigenvalue weighted by atomic mass is 10.0. The molecule has 2 aromatic heterocycles. The maximum Gasteiger partial charge on any atom is 0.301 e. The molecule has 9 heteroatoms. The predicted molar refractivity (Wildman–Crippen MR) is 117 cm³/mol. The van der Waals surface area contributed by atoms with Crippen LogP contribution < -0.4 is 20.9 Å². The molecule has 1 atom stereocenters. The van der Waals surface area contributed by atoms with Crippen molar-refractivity contribution < 1.29 is 13.5 Å². The summed E-state index contributed by atoms with van der Waals surface area (Å²) >= 11 is 6.35. The third kappa shape index (κ3) is 3.39. The average molecular weight is 447 g/mol. The monoisotopic (exact) mass is 446 g/mol. The molecule has 31 heavy (non-hydrogen) atoms. The molecule has 0 saturated heterocycles. The summed E-state index contributed by atoms with van der Waals surface area (Å²) in [5, 5.41) is 7.35. The summed E-state index contributed by atoms with van der Waals surface area (Å²) in [5.41, 5.74) is 2.54. The third-order valence-corrected chi connectivity index (χ3v) is 6.43. The fraction of sp³-hybridized carbons (Fsp3) is 0.364. The number of pyridine rings is 2. The van der Waals surface area contributed by atoms with Gasteiger partial charge in [-0.05, 0) is 49.9 Å². The van der Waals surface area contributed by atoms with Crippen molar-refractivity contribution >= 4 is 39.6 Å². The highest BCUT2D eigenvalue weighted by Crippen LogP contribution is 2.45. The minimum atomic E-state index is -3.07. The van der Waals surface area contributed by atoms with Crippen LogP contribution in [0.25, 0.3) is 10.9 Å². The van der Waals surface area contributed by atoms with E-state index in [1.54, 1.807) is 25.4 Å². The number of hydrogen-bond donors (Lipinski definition) is 2. The number of benzene rings is 1. The summed E-state index contributed by atoms with van der Waals surface area (Å²) in [4.78, 5) is 17.0. The van der Waals surface area contributed by atoms with Gasteiger partial charge in [0.15, 0.2) is 6.61 Å². The Morgan fingerprint density at radius 2 is 2.10 bits per heavy atom. The van der Waals surface area contributed by atoms with Gasteiger partial charge in [0.2, 0.25) is 5.75 Å². The van der Waals surface area contributed by atoms with E-state index in [4.69, 9.17) is 16.3 Å². The Balaban J connectivity index is 1.65. The van der Waals surface area contributed by atoms with Gasteiger partial charge in [0.05, 0.1) is 33.6 Å². The van der Waals surface area contributed by atoms with Crippen LogP contribution in [-0.2, 0) is 7.05 Å². The minimum Gasteiger partial charge on any atom is -0.480 e. The Kier molecular flexibility index (Phi) is 4.58. The predicted octanol–water partition coefficient (Wildman–Crippen LogP) is 4.86. The number of rotatable bonds is 3. The zero-order chi connectivity index (χ0) is 21.9. The van der Waals surface area contributed by atoms with Gasteiger partial charge in [0, 0.05) is 24.3 Å². The van der Waals surface area contributed by atoms with Crippen molar-refractivity contribution in [1.82, 2.24) is 9.55 Å². The Labute approximate surface area is 182 Å². The van der Waals surface area contributed by atoms with E-state index in [1.807, 2.05) is 19.1 Å². The number of fused-ring (bicyclic) bond motifs is 3. The molecule has 0 amide bonds. The lowest BCUT2D eigenvalue weighted by Gasteiger charge is -2.25. The van der Waals surface area contributed by atoms with Crippen LogP contribution >= 0.6 is 11.6 Å². The number of alkyl halides is 2. The van der Waals surface area contributed by atoms with Crippen LogP contribution in [0.1, 0.15) is 18.5 Å². The van der Waals surface area contributed by atoms with Crippen LogP contribution in [0.5, 0.6) is 5.75 Å². The standard InChI is InChI=1S/C22H21ClF2N4O2/c1-11-17(23)15(7-8-26-11)27-13-5-6-16-14(9-13)18-19(21(30)29(16)2)31-10-22(24,25)20(28-18)12-3-4-12/h5-9,12,20,28H,3-4,10H2,1-2H3,(H,26,27). The molecule has 1 unspecified atom stereocenters. The Hall–Kier alpha value is -2.87. The topological polar surface area (TPSA) is 68.2 Å². The molecule has 1 saturated carbocycles. The number of nitrogens with zero attached hydrogens (tertiary/aromatic N) is 2. The number of aryl methyl sites for hydroxylation is 2. The van der Waals surface area contributed by atoms with E-state index in [9.17, 15) is 13.6 Å². The van der Waals surface area contributed by atoms with Crippen molar-refractivity contribution in [3.63, 3.8) is 0 Å². The first kappa shape index (κ1) is 20.1. The van der Waals surface area contributed by atoms with E-state index in [0.29, 0.717) is 38.7 Å². The summed E-state index contributed by atoms with van der Waals surface area (Å²) in [5.74, 6) is -3.29. The molecule has 1 fully saturated rings. The minimum absolute atomic E-state index is 0.0761. The number of ether oxygens (including phenoxy) is 1. The van der Waals surface area contributed by atoms with Crippen molar-refractivity contribution in [2.75, 3.05) is 17.2 Å². The highest BCUT2D eigenvalue weighted by atomic mass is 35.5. The second-order valence-electron chi connectivity index (χ2n) is 8.19. The van der Waals surface area contributed by atoms with Crippen molar-refractivity contribution in [2.24, 2.45) is 13.0 Å². The second-order valence-corrected chi connectivity index (χ2v) is 8.57. The van der Waals surface area contributed by atoms with Crippen LogP contribution in [0.4, 0.5) is 25.8 Å². The Morgan fingerprint density at radius 3 is 2.84 bits per heavy atom. The first-order chi connectivity index (χ1) is 14.8. The van der Waals surface area contributed by atoms with Crippen LogP contribution in [0.15, 0.2) is 35.3 Å². The first-order valence-electron chi connectivity index (χ1n) is 10.1. The Bertz CT molecular complexity index is 1260. The molecule has 2 aliphatic rings. The van der Waals surface area contributed by atoms with Gasteiger partial charge in [-0.1, -0.05) is 11.6 Å². The van der Waals surface area contributed by atoms with E-state index in [2.05, 4.69) is 15.6 Å². The van der Waals surface area contributed by atoms with Gasteiger partial charge in [-0.25, -0.2) is 8.78 Å². The van der Waals surface area contributed by atoms with Gasteiger partial charge in [0.25, 0.3) is 5.56 Å². The van der Waals surface area contributed by atoms with Gasteiger partial charge >= 0.3 is 5.92 Å². The summed E-state index contributed by atoms with van der Waals surface area (Å²) in [6.07, 6.45) is 3.12. The van der Waals surface area contributed by atoms with Gasteiger partial charge in [-0.3, -0.25) is 9.78 Å². The van der Waals surface area contributed by atoms with Crippen LogP contribution in [-0.4, -0.2) is 28.1 Å². The molecule has 162 valence electrons. The quantitative estimate of drug-likeness (QED) is 0.601. The largest absolute Gasteiger partial charge is 0.480 e. The van der Waals surface area contributed by atoms with Crippen molar-refractivity contribution in [1.29, 1.82) is 0 Å². The molecule has 3 heterocycles. The molecule has 3 aromatic rings. The summed E-state index contributed by atoms with van der Waals surface area (Å²) < 4.78 is 36.3. The molecule has 0 spiro atoms. The van der Waals surface area contributed by atoms with E-state index in [0.717, 1.165) is 12.8 Å². The summed E-state index contributed by atoms with van der Waals surface area (Å²) in [7, 11) is 1.60. The zero-order valence-corrected chi connectivity index (χ0v) is 17.8. The van der Waals surface area contributed by atoms with Gasteiger partial charge < -0.3 is 19.9 Å². The molecular weight excluding hydrogens is 426 g/mol. The van der Waals surface area contributed by atoms with Gasteiger partial charge in [-0.2, -0.15) is 0 Å². The van der Waals surface area contributed by atoms with Crippen molar-refractivity contribution in [3.05, 3.63) is 51.5 Å². The third-order valence-electron chi connectivity index (χ3n) is 5.95. The molecule has 1 aliphatic heterocycles. The normalized spacial score (nSPS) is 19.8. The molecule has 1 aliphatic carbocycles. The molecule has 6 nitrogen and oxygen atoms in total. The van der Waals surface area contributed by atoms with Gasteiger partial charge in [-0.15, -0.1) is 0 Å². The molecule has 5 rings (SSSR count). The lowest BCUT2D eigenvalue weighted by molar-refractivity contribution is -0.0579. The molecular formula is C22H21ClF2N4O2. The lowest BCUT2D eigenvalue weighted by Crippen LogP contribution is -2.44. The summed E-state index contributed by atoms with van der Waals surface area (Å²) in [6, 6.07) is 6.08. The fourth-order valence-electron chi connectivity index (χ4n) is 4.09. The first-order valence-corrected chi connectivity index (χ1v) is 10.5. The maximum absolute atomic E-state index is 14.7. The maximum atomic E-state index is 14.7. The number of halogens is 3. The molecule has 2 N–H and O–H groups in total. The van der Waals surface area contributed by atoms with E-state index >= 15 is 0 Å². The fourth-order valence-corrected chi connectivity index (χ4v) is 4.25. The number of nitrogens with one attached hydrogen (secondary N) is 2.